The van der Waals surface area contributed by atoms with E-state index in [-0.39, 0.29) is 6.54 Å². The Morgan fingerprint density at radius 2 is 1.81 bits per heavy atom. The van der Waals surface area contributed by atoms with E-state index in [9.17, 15) is 24.0 Å². The second kappa shape index (κ2) is 9.83. The predicted molar refractivity (Wildman–Crippen MR) is 89.2 cm³/mol. The Morgan fingerprint density at radius 1 is 1.19 bits per heavy atom. The summed E-state index contributed by atoms with van der Waals surface area (Å²) in [5.41, 5.74) is 5.43. The number of carbonyl (C=O) groups excluding carboxylic acids is 3. The summed E-state index contributed by atoms with van der Waals surface area (Å²) in [5.74, 6) is -4.79. The average molecular weight is 388 g/mol. The van der Waals surface area contributed by atoms with Crippen LogP contribution in [0.5, 0.6) is 0 Å². The van der Waals surface area contributed by atoms with Gasteiger partial charge in [0, 0.05) is 6.54 Å². The zero-order valence-electron chi connectivity index (χ0n) is 14.8. The third-order valence-electron chi connectivity index (χ3n) is 4.10. The maximum absolute atomic E-state index is 12.5. The maximum Gasteiger partial charge on any atom is 0.328 e. The summed E-state index contributed by atoms with van der Waals surface area (Å²) in [7, 11) is 0. The summed E-state index contributed by atoms with van der Waals surface area (Å²) < 4.78 is 0. The molecule has 12 nitrogen and oxygen atoms in total. The highest BCUT2D eigenvalue weighted by Gasteiger charge is 2.37. The molecule has 4 atom stereocenters. The monoisotopic (exact) mass is 388 g/mol. The van der Waals surface area contributed by atoms with Crippen molar-refractivity contribution in [1.29, 1.82) is 0 Å². The third-order valence-corrected chi connectivity index (χ3v) is 4.10. The van der Waals surface area contributed by atoms with Gasteiger partial charge in [0.2, 0.25) is 17.7 Å². The van der Waals surface area contributed by atoms with E-state index in [1.807, 2.05) is 0 Å². The molecule has 1 aliphatic heterocycles. The first-order valence-electron chi connectivity index (χ1n) is 8.30. The van der Waals surface area contributed by atoms with Crippen molar-refractivity contribution in [2.75, 3.05) is 13.2 Å². The summed E-state index contributed by atoms with van der Waals surface area (Å²) >= 11 is 0. The van der Waals surface area contributed by atoms with Crippen molar-refractivity contribution in [2.45, 2.75) is 50.4 Å². The molecule has 7 N–H and O–H groups in total. The quantitative estimate of drug-likeness (QED) is 0.236. The van der Waals surface area contributed by atoms with Crippen molar-refractivity contribution in [3.8, 4) is 0 Å². The molecule has 0 unspecified atom stereocenters. The fraction of sp³-hybridized carbons (Fsp3) is 0.667. The highest BCUT2D eigenvalue weighted by Crippen LogP contribution is 2.19. The number of likely N-dealkylation sites (tertiary alicyclic amines) is 1. The number of aliphatic hydroxyl groups excluding tert-OH is 1. The molecule has 1 rings (SSSR count). The molecule has 3 amide bonds. The van der Waals surface area contributed by atoms with Gasteiger partial charge in [0.1, 0.15) is 18.1 Å². The van der Waals surface area contributed by atoms with Gasteiger partial charge in [0.25, 0.3) is 0 Å². The van der Waals surface area contributed by atoms with Crippen LogP contribution in [-0.4, -0.2) is 87.2 Å². The summed E-state index contributed by atoms with van der Waals surface area (Å²) in [6.07, 6.45) is 0.202. The topological polar surface area (TPSA) is 199 Å². The number of nitrogens with one attached hydrogen (secondary N) is 2. The van der Waals surface area contributed by atoms with Crippen molar-refractivity contribution in [2.24, 2.45) is 5.73 Å². The van der Waals surface area contributed by atoms with Gasteiger partial charge >= 0.3 is 11.9 Å². The van der Waals surface area contributed by atoms with Crippen molar-refractivity contribution >= 4 is 29.7 Å². The maximum atomic E-state index is 12.5. The molecule has 12 heteroatoms. The number of carbonyl (C=O) groups is 5. The van der Waals surface area contributed by atoms with Crippen LogP contribution in [0.25, 0.3) is 0 Å². The van der Waals surface area contributed by atoms with Gasteiger partial charge in [0.05, 0.1) is 19.1 Å². The van der Waals surface area contributed by atoms with Gasteiger partial charge in [-0.2, -0.15) is 0 Å². The molecule has 0 spiro atoms. The van der Waals surface area contributed by atoms with E-state index in [1.54, 1.807) is 0 Å². The van der Waals surface area contributed by atoms with Crippen LogP contribution in [0.1, 0.15) is 26.2 Å². The number of rotatable bonds is 9. The Bertz CT molecular complexity index is 611. The summed E-state index contributed by atoms with van der Waals surface area (Å²) in [6, 6.07) is -4.80. The first-order valence-corrected chi connectivity index (χ1v) is 8.30. The minimum Gasteiger partial charge on any atom is -0.481 e. The molecule has 27 heavy (non-hydrogen) atoms. The van der Waals surface area contributed by atoms with Gasteiger partial charge < -0.3 is 36.6 Å². The molecule has 1 fully saturated rings. The molecular formula is C15H24N4O8. The zero-order valence-corrected chi connectivity index (χ0v) is 14.8. The van der Waals surface area contributed by atoms with Crippen LogP contribution in [0.2, 0.25) is 0 Å². The Kier molecular flexibility index (Phi) is 8.12. The molecule has 0 aliphatic carbocycles. The van der Waals surface area contributed by atoms with E-state index in [4.69, 9.17) is 21.1 Å². The number of amides is 3. The average Bonchev–Trinajstić information content (AvgIpc) is 3.07. The first kappa shape index (κ1) is 22.3. The van der Waals surface area contributed by atoms with E-state index in [0.29, 0.717) is 12.8 Å². The molecule has 0 saturated carbocycles. The van der Waals surface area contributed by atoms with Crippen LogP contribution in [-0.2, 0) is 24.0 Å². The van der Waals surface area contributed by atoms with E-state index >= 15 is 0 Å². The molecule has 1 saturated heterocycles. The lowest BCUT2D eigenvalue weighted by Crippen LogP contribution is -2.56. The van der Waals surface area contributed by atoms with Crippen molar-refractivity contribution in [3.63, 3.8) is 0 Å². The summed E-state index contributed by atoms with van der Waals surface area (Å²) in [4.78, 5) is 59.3. The predicted octanol–water partition coefficient (Wildman–Crippen LogP) is -3.15. The Morgan fingerprint density at radius 3 is 2.33 bits per heavy atom. The van der Waals surface area contributed by atoms with Crippen LogP contribution >= 0.6 is 0 Å². The molecule has 1 heterocycles. The van der Waals surface area contributed by atoms with Gasteiger partial charge in [-0.05, 0) is 19.8 Å². The van der Waals surface area contributed by atoms with E-state index in [1.165, 1.54) is 11.8 Å². The summed E-state index contributed by atoms with van der Waals surface area (Å²) in [5, 5.41) is 31.0. The van der Waals surface area contributed by atoms with Gasteiger partial charge in [-0.25, -0.2) is 4.79 Å². The second-order valence-corrected chi connectivity index (χ2v) is 6.21. The normalized spacial score (nSPS) is 19.7. The minimum atomic E-state index is -1.49. The number of nitrogens with two attached hydrogens (primary N) is 1. The lowest BCUT2D eigenvalue weighted by Gasteiger charge is -2.28. The van der Waals surface area contributed by atoms with Crippen LogP contribution in [0.15, 0.2) is 0 Å². The molecule has 0 radical (unpaired) electrons. The molecule has 0 aromatic carbocycles. The molecule has 0 bridgehead atoms. The second-order valence-electron chi connectivity index (χ2n) is 6.21. The Labute approximate surface area is 154 Å². The highest BCUT2D eigenvalue weighted by atomic mass is 16.4. The smallest absolute Gasteiger partial charge is 0.328 e. The van der Waals surface area contributed by atoms with Crippen LogP contribution in [0, 0.1) is 0 Å². The van der Waals surface area contributed by atoms with E-state index in [2.05, 4.69) is 10.6 Å². The Balaban J connectivity index is 2.71. The van der Waals surface area contributed by atoms with Crippen molar-refractivity contribution < 1.29 is 39.3 Å². The third kappa shape index (κ3) is 6.18. The number of carboxylic acids is 2. The number of carboxylic acid groups (broad SMARTS) is 2. The zero-order chi connectivity index (χ0) is 20.7. The number of aliphatic hydroxyl groups is 1. The lowest BCUT2D eigenvalue weighted by atomic mass is 10.1. The molecular weight excluding hydrogens is 364 g/mol. The van der Waals surface area contributed by atoms with E-state index in [0.717, 1.165) is 0 Å². The number of hydrogen-bond donors (Lipinski definition) is 6. The fourth-order valence-electron chi connectivity index (χ4n) is 2.67. The van der Waals surface area contributed by atoms with Crippen LogP contribution in [0.3, 0.4) is 0 Å². The summed E-state index contributed by atoms with van der Waals surface area (Å²) in [6.45, 7) is 0.805. The molecule has 1 aliphatic rings. The number of aliphatic carboxylic acids is 2. The molecule has 0 aromatic heterocycles. The number of nitrogens with zero attached hydrogens (tertiary/aromatic N) is 1. The molecule has 152 valence electrons. The largest absolute Gasteiger partial charge is 0.481 e. The van der Waals surface area contributed by atoms with E-state index < -0.39 is 66.9 Å². The fourth-order valence-corrected chi connectivity index (χ4v) is 2.67. The number of hydrogen-bond acceptors (Lipinski definition) is 7. The van der Waals surface area contributed by atoms with Crippen molar-refractivity contribution in [3.05, 3.63) is 0 Å². The van der Waals surface area contributed by atoms with Gasteiger partial charge in [-0.3, -0.25) is 19.2 Å². The van der Waals surface area contributed by atoms with Gasteiger partial charge in [-0.1, -0.05) is 0 Å². The Hall–Kier alpha value is -2.73. The lowest BCUT2D eigenvalue weighted by molar-refractivity contribution is -0.145. The standard InChI is InChI=1S/C15H24N4O8/c1-7(17-12(23)8(16)5-11(21)22)14(25)19-4-2-3-10(19)13(24)18-9(6-20)15(26)27/h7-10,20H,2-6,16H2,1H3,(H,17,23)(H,18,24)(H,21,22)(H,26,27)/t7-,8-,9-,10-/m0/s1. The van der Waals surface area contributed by atoms with Crippen molar-refractivity contribution in [1.82, 2.24) is 15.5 Å². The van der Waals surface area contributed by atoms with Gasteiger partial charge in [0.15, 0.2) is 0 Å². The van der Waals surface area contributed by atoms with Crippen LogP contribution in [0.4, 0.5) is 0 Å². The van der Waals surface area contributed by atoms with Gasteiger partial charge in [-0.15, -0.1) is 0 Å². The molecule has 0 aromatic rings. The highest BCUT2D eigenvalue weighted by molar-refractivity contribution is 5.94. The SMILES string of the molecule is C[C@H](NC(=O)[C@@H](N)CC(=O)O)C(=O)N1CCC[C@H]1C(=O)N[C@@H](CO)C(=O)O. The first-order chi connectivity index (χ1) is 12.6. The van der Waals surface area contributed by atoms with Crippen LogP contribution < -0.4 is 16.4 Å². The minimum absolute atomic E-state index is 0.231.